The van der Waals surface area contributed by atoms with Crippen molar-refractivity contribution in [2.45, 2.75) is 37.8 Å². The van der Waals surface area contributed by atoms with Crippen LogP contribution in [0.5, 0.6) is 0 Å². The molecule has 0 aliphatic carbocycles. The molecule has 0 amide bonds. The smallest absolute Gasteiger partial charge is 0.311 e. The van der Waals surface area contributed by atoms with Gasteiger partial charge in [0.25, 0.3) is 6.43 Å². The molecule has 0 aromatic rings. The number of nitrogens with one attached hydrogen (secondary N) is 1. The minimum absolute atomic E-state index is 0.0116. The summed E-state index contributed by atoms with van der Waals surface area (Å²) >= 11 is 0. The Morgan fingerprint density at radius 2 is 1.48 bits per heavy atom. The molecule has 0 spiro atoms. The van der Waals surface area contributed by atoms with Crippen molar-refractivity contribution in [3.8, 4) is 0 Å². The molecule has 0 bridgehead atoms. The van der Waals surface area contributed by atoms with Crippen LogP contribution in [0.15, 0.2) is 0 Å². The fraction of sp³-hybridized carbons (Fsp3) is 1.00. The molecule has 0 atom stereocenters. The summed E-state index contributed by atoms with van der Waals surface area (Å²) in [4.78, 5) is 0. The van der Waals surface area contributed by atoms with Gasteiger partial charge in [-0.3, -0.25) is 0 Å². The summed E-state index contributed by atoms with van der Waals surface area (Å²) < 4.78 is 107. The lowest BCUT2D eigenvalue weighted by atomic mass is 10.2. The van der Waals surface area contributed by atoms with E-state index in [0.29, 0.717) is 0 Å². The topological polar surface area (TPSA) is 46.2 Å². The van der Waals surface area contributed by atoms with E-state index in [4.69, 9.17) is 0 Å². The summed E-state index contributed by atoms with van der Waals surface area (Å²) in [5.74, 6) is -6.17. The molecule has 0 rings (SSSR count). The molecule has 1 N–H and O–H groups in total. The Bertz CT molecular complexity index is 395. The van der Waals surface area contributed by atoms with Crippen LogP contribution in [0.3, 0.4) is 0 Å². The number of sulfone groups is 1. The first-order valence-electron chi connectivity index (χ1n) is 6.01. The molecule has 0 unspecified atom stereocenters. The quantitative estimate of drug-likeness (QED) is 0.488. The van der Waals surface area contributed by atoms with Crippen LogP contribution >= 0.6 is 0 Å². The highest BCUT2D eigenvalue weighted by atomic mass is 32.2. The molecule has 0 saturated carbocycles. The van der Waals surface area contributed by atoms with E-state index < -0.39 is 59.3 Å². The van der Waals surface area contributed by atoms with E-state index in [-0.39, 0.29) is 13.0 Å². The van der Waals surface area contributed by atoms with Crippen LogP contribution in [0.25, 0.3) is 0 Å². The zero-order chi connectivity index (χ0) is 16.7. The van der Waals surface area contributed by atoms with E-state index in [1.165, 1.54) is 0 Å². The van der Waals surface area contributed by atoms with Crippen LogP contribution in [0.2, 0.25) is 0 Å². The van der Waals surface area contributed by atoms with E-state index in [9.17, 15) is 39.2 Å². The summed E-state index contributed by atoms with van der Waals surface area (Å²) in [6, 6.07) is 0. The van der Waals surface area contributed by atoms with Crippen LogP contribution in [0, 0.1) is 0 Å². The second-order valence-corrected chi connectivity index (χ2v) is 6.71. The predicted molar refractivity (Wildman–Crippen MR) is 62.4 cm³/mol. The molecule has 21 heavy (non-hydrogen) atoms. The van der Waals surface area contributed by atoms with Gasteiger partial charge in [0.2, 0.25) is 0 Å². The fourth-order valence-corrected chi connectivity index (χ4v) is 2.76. The van der Waals surface area contributed by atoms with E-state index >= 15 is 0 Å². The normalized spacial score (nSPS) is 13.9. The first kappa shape index (κ1) is 20.4. The zero-order valence-electron chi connectivity index (χ0n) is 10.9. The van der Waals surface area contributed by atoms with Crippen LogP contribution in [0.1, 0.15) is 19.3 Å². The minimum Gasteiger partial charge on any atom is -0.311 e. The van der Waals surface area contributed by atoms with E-state index in [1.807, 2.05) is 0 Å². The molecule has 11 heteroatoms. The van der Waals surface area contributed by atoms with Crippen molar-refractivity contribution < 1.29 is 39.2 Å². The van der Waals surface area contributed by atoms with E-state index in [2.05, 4.69) is 5.32 Å². The SMILES string of the molecule is O=S(=O)(CCCNCC(F)F)CCCC(F)(F)C(F)(F)F. The Labute approximate surface area is 117 Å². The van der Waals surface area contributed by atoms with Crippen molar-refractivity contribution in [1.82, 2.24) is 5.32 Å². The first-order chi connectivity index (χ1) is 9.37. The number of halogens is 7. The van der Waals surface area contributed by atoms with Gasteiger partial charge in [-0.15, -0.1) is 0 Å². The van der Waals surface area contributed by atoms with Crippen molar-refractivity contribution in [3.05, 3.63) is 0 Å². The van der Waals surface area contributed by atoms with Gasteiger partial charge in [-0.05, 0) is 19.4 Å². The molecular formula is C10H16F7NO2S. The van der Waals surface area contributed by atoms with Crippen molar-refractivity contribution in [2.75, 3.05) is 24.6 Å². The van der Waals surface area contributed by atoms with Crippen molar-refractivity contribution in [1.29, 1.82) is 0 Å². The van der Waals surface area contributed by atoms with Crippen LogP contribution in [-0.4, -0.2) is 51.5 Å². The number of hydrogen-bond acceptors (Lipinski definition) is 3. The summed E-state index contributed by atoms with van der Waals surface area (Å²) in [5.41, 5.74) is 0. The third-order valence-corrected chi connectivity index (χ3v) is 4.29. The third kappa shape index (κ3) is 9.12. The molecule has 0 aromatic carbocycles. The molecule has 0 heterocycles. The van der Waals surface area contributed by atoms with Gasteiger partial charge >= 0.3 is 12.1 Å². The largest absolute Gasteiger partial charge is 0.453 e. The first-order valence-corrected chi connectivity index (χ1v) is 7.83. The second kappa shape index (κ2) is 8.16. The Morgan fingerprint density at radius 3 is 1.95 bits per heavy atom. The highest BCUT2D eigenvalue weighted by molar-refractivity contribution is 7.91. The standard InChI is InChI=1S/C10H16F7NO2S/c11-8(12)7-18-4-2-6-21(19,20)5-1-3-9(13,14)10(15,16)17/h8,18H,1-7H2. The second-order valence-electron chi connectivity index (χ2n) is 4.41. The van der Waals surface area contributed by atoms with Crippen molar-refractivity contribution >= 4 is 9.84 Å². The summed E-state index contributed by atoms with van der Waals surface area (Å²) in [5, 5.41) is 2.27. The maximum Gasteiger partial charge on any atom is 0.453 e. The fourth-order valence-electron chi connectivity index (χ4n) is 1.39. The molecule has 0 fully saturated rings. The molecule has 128 valence electrons. The molecule has 0 aromatic heterocycles. The van der Waals surface area contributed by atoms with Gasteiger partial charge in [-0.2, -0.15) is 22.0 Å². The lowest BCUT2D eigenvalue weighted by molar-refractivity contribution is -0.284. The van der Waals surface area contributed by atoms with Gasteiger partial charge in [0.1, 0.15) is 9.84 Å². The molecule has 0 radical (unpaired) electrons. The van der Waals surface area contributed by atoms with Gasteiger partial charge in [-0.1, -0.05) is 0 Å². The third-order valence-electron chi connectivity index (χ3n) is 2.47. The lowest BCUT2D eigenvalue weighted by Crippen LogP contribution is -2.36. The number of rotatable bonds is 10. The predicted octanol–water partition coefficient (Wildman–Crippen LogP) is 2.62. The van der Waals surface area contributed by atoms with Crippen molar-refractivity contribution in [3.63, 3.8) is 0 Å². The molecule has 0 saturated heterocycles. The van der Waals surface area contributed by atoms with Gasteiger partial charge in [0.15, 0.2) is 0 Å². The molecule has 0 aliphatic rings. The monoisotopic (exact) mass is 347 g/mol. The molecule has 3 nitrogen and oxygen atoms in total. The van der Waals surface area contributed by atoms with Crippen molar-refractivity contribution in [2.24, 2.45) is 0 Å². The van der Waals surface area contributed by atoms with Gasteiger partial charge in [0.05, 0.1) is 18.1 Å². The van der Waals surface area contributed by atoms with Crippen LogP contribution in [0.4, 0.5) is 30.7 Å². The van der Waals surface area contributed by atoms with Gasteiger partial charge in [0, 0.05) is 6.42 Å². The number of alkyl halides is 7. The van der Waals surface area contributed by atoms with Gasteiger partial charge in [-0.25, -0.2) is 17.2 Å². The maximum atomic E-state index is 12.5. The Hall–Kier alpha value is -0.580. The summed E-state index contributed by atoms with van der Waals surface area (Å²) in [6.45, 7) is -0.611. The number of hydrogen-bond donors (Lipinski definition) is 1. The average Bonchev–Trinajstić information content (AvgIpc) is 2.25. The van der Waals surface area contributed by atoms with Gasteiger partial charge < -0.3 is 5.32 Å². The van der Waals surface area contributed by atoms with E-state index in [0.717, 1.165) is 0 Å². The summed E-state index contributed by atoms with van der Waals surface area (Å²) in [6.07, 6.45) is -10.7. The highest BCUT2D eigenvalue weighted by Crippen LogP contribution is 2.38. The average molecular weight is 347 g/mol. The molecule has 0 aliphatic heterocycles. The Kier molecular flexibility index (Phi) is 7.93. The lowest BCUT2D eigenvalue weighted by Gasteiger charge is -2.19. The van der Waals surface area contributed by atoms with Crippen LogP contribution in [-0.2, 0) is 9.84 Å². The Morgan fingerprint density at radius 1 is 0.952 bits per heavy atom. The maximum absolute atomic E-state index is 12.5. The Balaban J connectivity index is 3.99. The van der Waals surface area contributed by atoms with Crippen LogP contribution < -0.4 is 5.32 Å². The summed E-state index contributed by atoms with van der Waals surface area (Å²) in [7, 11) is -3.78. The highest BCUT2D eigenvalue weighted by Gasteiger charge is 2.56. The van der Waals surface area contributed by atoms with E-state index in [1.54, 1.807) is 0 Å². The zero-order valence-corrected chi connectivity index (χ0v) is 11.7. The molecular weight excluding hydrogens is 331 g/mol. The minimum atomic E-state index is -5.70.